The minimum absolute atomic E-state index is 0.357. The summed E-state index contributed by atoms with van der Waals surface area (Å²) < 4.78 is 5.68. The molecule has 0 bridgehead atoms. The van der Waals surface area contributed by atoms with Crippen molar-refractivity contribution in [1.82, 2.24) is 10.3 Å². The fourth-order valence-electron chi connectivity index (χ4n) is 1.76. The van der Waals surface area contributed by atoms with E-state index in [2.05, 4.69) is 24.1 Å². The largest absolute Gasteiger partial charge is 0.486 e. The number of hydrogen-bond donors (Lipinski definition) is 1. The van der Waals surface area contributed by atoms with E-state index < -0.39 is 0 Å². The van der Waals surface area contributed by atoms with E-state index in [0.29, 0.717) is 28.4 Å². The van der Waals surface area contributed by atoms with Crippen LogP contribution in [0.25, 0.3) is 0 Å². The lowest BCUT2D eigenvalue weighted by Gasteiger charge is -2.10. The molecule has 0 saturated carbocycles. The highest BCUT2D eigenvalue weighted by atomic mass is 35.5. The number of rotatable bonds is 6. The molecule has 0 unspecified atom stereocenters. The van der Waals surface area contributed by atoms with Crippen LogP contribution in [0.1, 0.15) is 25.2 Å². The van der Waals surface area contributed by atoms with Gasteiger partial charge in [-0.3, -0.25) is 4.98 Å². The zero-order valence-corrected chi connectivity index (χ0v) is 13.6. The molecule has 1 heterocycles. The monoisotopic (exact) mass is 324 g/mol. The van der Waals surface area contributed by atoms with Crippen molar-refractivity contribution < 1.29 is 4.74 Å². The van der Waals surface area contributed by atoms with Crippen LogP contribution >= 0.6 is 23.2 Å². The van der Waals surface area contributed by atoms with E-state index in [0.717, 1.165) is 17.9 Å². The number of nitrogens with zero attached hydrogens (tertiary/aromatic N) is 1. The molecule has 0 atom stereocenters. The Morgan fingerprint density at radius 2 is 1.90 bits per heavy atom. The normalized spacial score (nSPS) is 10.9. The predicted octanol–water partition coefficient (Wildman–Crippen LogP) is 4.47. The van der Waals surface area contributed by atoms with Gasteiger partial charge < -0.3 is 10.1 Å². The molecule has 0 amide bonds. The summed E-state index contributed by atoms with van der Waals surface area (Å²) in [4.78, 5) is 4.55. The zero-order valence-electron chi connectivity index (χ0n) is 12.1. The zero-order chi connectivity index (χ0) is 15.2. The Labute approximate surface area is 135 Å². The highest BCUT2D eigenvalue weighted by Crippen LogP contribution is 2.28. The van der Waals surface area contributed by atoms with Gasteiger partial charge in [0, 0.05) is 23.7 Å². The minimum atomic E-state index is 0.357. The van der Waals surface area contributed by atoms with Gasteiger partial charge in [-0.25, -0.2) is 0 Å². The van der Waals surface area contributed by atoms with Gasteiger partial charge in [0.2, 0.25) is 0 Å². The van der Waals surface area contributed by atoms with E-state index in [1.165, 1.54) is 0 Å². The van der Waals surface area contributed by atoms with Gasteiger partial charge in [0.1, 0.15) is 12.4 Å². The highest BCUT2D eigenvalue weighted by Gasteiger charge is 2.05. The molecule has 0 spiro atoms. The van der Waals surface area contributed by atoms with E-state index in [1.54, 1.807) is 18.2 Å². The lowest BCUT2D eigenvalue weighted by Crippen LogP contribution is -2.22. The Bertz CT molecular complexity index is 603. The second-order valence-corrected chi connectivity index (χ2v) is 5.86. The van der Waals surface area contributed by atoms with Gasteiger partial charge in [-0.1, -0.05) is 43.1 Å². The first-order valence-corrected chi connectivity index (χ1v) is 7.56. The summed E-state index contributed by atoms with van der Waals surface area (Å²) in [6, 6.07) is 11.5. The summed E-state index contributed by atoms with van der Waals surface area (Å²) in [7, 11) is 0. The second kappa shape index (κ2) is 7.64. The molecule has 2 rings (SSSR count). The quantitative estimate of drug-likeness (QED) is 0.851. The number of halogens is 2. The molecule has 21 heavy (non-hydrogen) atoms. The van der Waals surface area contributed by atoms with Crippen molar-refractivity contribution in [2.24, 2.45) is 0 Å². The first-order chi connectivity index (χ1) is 10.0. The van der Waals surface area contributed by atoms with E-state index in [-0.39, 0.29) is 0 Å². The first kappa shape index (κ1) is 16.1. The molecule has 1 aromatic carbocycles. The third kappa shape index (κ3) is 5.20. The van der Waals surface area contributed by atoms with Crippen LogP contribution in [0.4, 0.5) is 0 Å². The molecule has 5 heteroatoms. The molecule has 1 N–H and O–H groups in total. The van der Waals surface area contributed by atoms with Crippen molar-refractivity contribution in [3.63, 3.8) is 0 Å². The summed E-state index contributed by atoms with van der Waals surface area (Å²) in [5, 5.41) is 4.47. The van der Waals surface area contributed by atoms with Crippen LogP contribution < -0.4 is 10.1 Å². The average Bonchev–Trinajstić information content (AvgIpc) is 2.46. The first-order valence-electron chi connectivity index (χ1n) is 6.80. The molecule has 0 fully saturated rings. The van der Waals surface area contributed by atoms with Crippen LogP contribution in [-0.4, -0.2) is 11.0 Å². The smallest absolute Gasteiger partial charge is 0.139 e. The maximum atomic E-state index is 6.06. The van der Waals surface area contributed by atoms with Gasteiger partial charge in [-0.05, 0) is 24.3 Å². The van der Waals surface area contributed by atoms with Crippen molar-refractivity contribution in [1.29, 1.82) is 0 Å². The number of pyridine rings is 1. The standard InChI is InChI=1S/C16H18Cl2N2O/c1-11(2)19-9-13-4-3-5-14(20-13)10-21-16-8-12(17)6-7-15(16)18/h3-8,11,19H,9-10H2,1-2H3. The third-order valence-electron chi connectivity index (χ3n) is 2.82. The average molecular weight is 325 g/mol. The number of ether oxygens (including phenoxy) is 1. The van der Waals surface area contributed by atoms with E-state index in [1.807, 2.05) is 18.2 Å². The maximum absolute atomic E-state index is 6.06. The van der Waals surface area contributed by atoms with Crippen molar-refractivity contribution in [3.8, 4) is 5.75 Å². The summed E-state index contributed by atoms with van der Waals surface area (Å²) in [5.74, 6) is 0.566. The van der Waals surface area contributed by atoms with Crippen LogP contribution in [0.2, 0.25) is 10.0 Å². The van der Waals surface area contributed by atoms with Crippen LogP contribution in [0.5, 0.6) is 5.75 Å². The van der Waals surface area contributed by atoms with Crippen LogP contribution in [0, 0.1) is 0 Å². The second-order valence-electron chi connectivity index (χ2n) is 5.02. The summed E-state index contributed by atoms with van der Waals surface area (Å²) >= 11 is 12.0. The van der Waals surface area contributed by atoms with Gasteiger partial charge in [0.25, 0.3) is 0 Å². The number of aromatic nitrogens is 1. The molecule has 112 valence electrons. The van der Waals surface area contributed by atoms with Gasteiger partial charge in [-0.15, -0.1) is 0 Å². The van der Waals surface area contributed by atoms with Gasteiger partial charge in [0.05, 0.1) is 16.4 Å². The Morgan fingerprint density at radius 1 is 1.14 bits per heavy atom. The Hall–Kier alpha value is -1.29. The van der Waals surface area contributed by atoms with Crippen molar-refractivity contribution in [3.05, 3.63) is 57.8 Å². The molecule has 0 aliphatic heterocycles. The number of benzene rings is 1. The molecule has 0 aliphatic rings. The van der Waals surface area contributed by atoms with Crippen LogP contribution in [0.15, 0.2) is 36.4 Å². The van der Waals surface area contributed by atoms with E-state index >= 15 is 0 Å². The minimum Gasteiger partial charge on any atom is -0.486 e. The van der Waals surface area contributed by atoms with Gasteiger partial charge in [0.15, 0.2) is 0 Å². The molecule has 2 aromatic rings. The highest BCUT2D eigenvalue weighted by molar-refractivity contribution is 6.34. The summed E-state index contributed by atoms with van der Waals surface area (Å²) in [6.45, 7) is 5.31. The molecule has 0 aliphatic carbocycles. The molecular formula is C16H18Cl2N2O. The van der Waals surface area contributed by atoms with Crippen molar-refractivity contribution in [2.45, 2.75) is 33.0 Å². The molecular weight excluding hydrogens is 307 g/mol. The number of hydrogen-bond acceptors (Lipinski definition) is 3. The van der Waals surface area contributed by atoms with E-state index in [9.17, 15) is 0 Å². The molecule has 3 nitrogen and oxygen atoms in total. The fraction of sp³-hybridized carbons (Fsp3) is 0.312. The molecule has 1 aromatic heterocycles. The van der Waals surface area contributed by atoms with Crippen molar-refractivity contribution in [2.75, 3.05) is 0 Å². The molecule has 0 radical (unpaired) electrons. The topological polar surface area (TPSA) is 34.1 Å². The van der Waals surface area contributed by atoms with Gasteiger partial charge >= 0.3 is 0 Å². The van der Waals surface area contributed by atoms with Crippen molar-refractivity contribution >= 4 is 23.2 Å². The van der Waals surface area contributed by atoms with E-state index in [4.69, 9.17) is 27.9 Å². The Balaban J connectivity index is 1.99. The Morgan fingerprint density at radius 3 is 2.67 bits per heavy atom. The lowest BCUT2D eigenvalue weighted by molar-refractivity contribution is 0.301. The molecule has 0 saturated heterocycles. The summed E-state index contributed by atoms with van der Waals surface area (Å²) in [5.41, 5.74) is 1.84. The maximum Gasteiger partial charge on any atom is 0.139 e. The SMILES string of the molecule is CC(C)NCc1cccc(COc2cc(Cl)ccc2Cl)n1. The lowest BCUT2D eigenvalue weighted by atomic mass is 10.3. The fourth-order valence-corrected chi connectivity index (χ4v) is 2.09. The van der Waals surface area contributed by atoms with Crippen LogP contribution in [-0.2, 0) is 13.2 Å². The number of nitrogens with one attached hydrogen (secondary N) is 1. The third-order valence-corrected chi connectivity index (χ3v) is 3.37. The predicted molar refractivity (Wildman–Crippen MR) is 87.0 cm³/mol. The van der Waals surface area contributed by atoms with Crippen LogP contribution in [0.3, 0.4) is 0 Å². The Kier molecular flexibility index (Phi) is 5.85. The summed E-state index contributed by atoms with van der Waals surface area (Å²) in [6.07, 6.45) is 0. The van der Waals surface area contributed by atoms with Gasteiger partial charge in [-0.2, -0.15) is 0 Å².